The summed E-state index contributed by atoms with van der Waals surface area (Å²) < 4.78 is 5.13. The third-order valence-corrected chi connectivity index (χ3v) is 10.5. The molecule has 6 nitrogen and oxygen atoms in total. The topological polar surface area (TPSA) is 80.8 Å². The maximum Gasteiger partial charge on any atom is 0.308 e. The summed E-state index contributed by atoms with van der Waals surface area (Å²) in [7, 11) is 0. The predicted molar refractivity (Wildman–Crippen MR) is 133 cm³/mol. The Labute approximate surface area is 214 Å². The highest BCUT2D eigenvalue weighted by Gasteiger charge is 2.66. The van der Waals surface area contributed by atoms with Crippen LogP contribution < -0.4 is 0 Å². The largest absolute Gasteiger partial charge is 0.457 e. The number of esters is 1. The standard InChI is InChI=1S/C26H23Br2NO5/c27-23-17-12-18(24(23)28)22-21(17)25(32)29(26(22)33)11-10-20(31)34-13-19(30)16-8-6-15(7-9-16)14-4-2-1-3-5-14/h1-9,17-18,21-24H,10-13H2. The van der Waals surface area contributed by atoms with Gasteiger partial charge in [-0.15, -0.1) is 0 Å². The Morgan fingerprint density at radius 1 is 0.853 bits per heavy atom. The van der Waals surface area contributed by atoms with Crippen molar-refractivity contribution in [3.63, 3.8) is 0 Å². The van der Waals surface area contributed by atoms with Gasteiger partial charge in [0.25, 0.3) is 0 Å². The molecule has 34 heavy (non-hydrogen) atoms. The van der Waals surface area contributed by atoms with E-state index in [0.717, 1.165) is 17.5 Å². The molecule has 2 saturated carbocycles. The summed E-state index contributed by atoms with van der Waals surface area (Å²) >= 11 is 7.32. The highest BCUT2D eigenvalue weighted by atomic mass is 79.9. The molecular formula is C26H23Br2NO5. The molecule has 1 saturated heterocycles. The smallest absolute Gasteiger partial charge is 0.308 e. The van der Waals surface area contributed by atoms with Crippen molar-refractivity contribution in [2.24, 2.45) is 23.7 Å². The fourth-order valence-corrected chi connectivity index (χ4v) is 7.49. The molecule has 1 aliphatic heterocycles. The number of fused-ring (bicyclic) bond motifs is 5. The number of rotatable bonds is 7. The molecular weight excluding hydrogens is 566 g/mol. The molecule has 2 bridgehead atoms. The molecule has 3 aliphatic rings. The van der Waals surface area contributed by atoms with Gasteiger partial charge in [0.05, 0.1) is 18.3 Å². The summed E-state index contributed by atoms with van der Waals surface area (Å²) in [6.07, 6.45) is 0.741. The van der Waals surface area contributed by atoms with Crippen molar-refractivity contribution in [3.05, 3.63) is 60.2 Å². The molecule has 0 N–H and O–H groups in total. The molecule has 8 heteroatoms. The summed E-state index contributed by atoms with van der Waals surface area (Å²) in [4.78, 5) is 52.0. The van der Waals surface area contributed by atoms with Crippen molar-refractivity contribution in [2.45, 2.75) is 22.5 Å². The van der Waals surface area contributed by atoms with Crippen LogP contribution in [0.2, 0.25) is 0 Å². The van der Waals surface area contributed by atoms with Crippen molar-refractivity contribution >= 4 is 55.4 Å². The average molecular weight is 589 g/mol. The Morgan fingerprint density at radius 2 is 1.41 bits per heavy atom. The van der Waals surface area contributed by atoms with Crippen LogP contribution in [0.25, 0.3) is 11.1 Å². The average Bonchev–Trinajstić information content (AvgIpc) is 3.47. The second-order valence-electron chi connectivity index (χ2n) is 9.11. The fraction of sp³-hybridized carbons (Fsp3) is 0.385. The number of benzene rings is 2. The number of nitrogens with zero attached hydrogens (tertiary/aromatic N) is 1. The van der Waals surface area contributed by atoms with Crippen molar-refractivity contribution in [1.29, 1.82) is 0 Å². The SMILES string of the molecule is O=C(CCN1C(=O)C2C3CC(C(Br)C3Br)C2C1=O)OCC(=O)c1ccc(-c2ccccc2)cc1. The first-order valence-electron chi connectivity index (χ1n) is 11.3. The van der Waals surface area contributed by atoms with Gasteiger partial charge in [0.1, 0.15) is 0 Å². The van der Waals surface area contributed by atoms with Gasteiger partial charge in [0.15, 0.2) is 12.4 Å². The molecule has 6 unspecified atom stereocenters. The van der Waals surface area contributed by atoms with Crippen LogP contribution in [0.4, 0.5) is 0 Å². The van der Waals surface area contributed by atoms with Crippen LogP contribution in [0.1, 0.15) is 23.2 Å². The Hall–Kier alpha value is -2.32. The summed E-state index contributed by atoms with van der Waals surface area (Å²) in [6, 6.07) is 16.9. The number of ketones is 1. The number of amides is 2. The zero-order chi connectivity index (χ0) is 24.0. The van der Waals surface area contributed by atoms with Gasteiger partial charge in [-0.3, -0.25) is 24.1 Å². The lowest BCUT2D eigenvalue weighted by molar-refractivity contribution is -0.145. The Morgan fingerprint density at radius 3 is 2.00 bits per heavy atom. The van der Waals surface area contributed by atoms with Crippen LogP contribution in [0.5, 0.6) is 0 Å². The molecule has 0 aromatic heterocycles. The molecule has 0 spiro atoms. The van der Waals surface area contributed by atoms with E-state index in [4.69, 9.17) is 4.74 Å². The highest BCUT2D eigenvalue weighted by molar-refractivity contribution is 9.12. The molecule has 2 amide bonds. The lowest BCUT2D eigenvalue weighted by atomic mass is 9.81. The van der Waals surface area contributed by atoms with Gasteiger partial charge in [0, 0.05) is 21.8 Å². The first-order chi connectivity index (χ1) is 16.4. The van der Waals surface area contributed by atoms with E-state index in [2.05, 4.69) is 31.9 Å². The number of likely N-dealkylation sites (tertiary alicyclic amines) is 1. The Kier molecular flexibility index (Phi) is 6.46. The molecule has 6 atom stereocenters. The van der Waals surface area contributed by atoms with Gasteiger partial charge in [-0.1, -0.05) is 86.5 Å². The summed E-state index contributed by atoms with van der Waals surface area (Å²) in [5.41, 5.74) is 2.49. The predicted octanol–water partition coefficient (Wildman–Crippen LogP) is 4.25. The second-order valence-corrected chi connectivity index (χ2v) is 11.2. The van der Waals surface area contributed by atoms with Crippen LogP contribution in [0, 0.1) is 23.7 Å². The lowest BCUT2D eigenvalue weighted by Gasteiger charge is -2.28. The lowest BCUT2D eigenvalue weighted by Crippen LogP contribution is -2.37. The maximum atomic E-state index is 12.9. The van der Waals surface area contributed by atoms with E-state index in [9.17, 15) is 19.2 Å². The molecule has 0 radical (unpaired) electrons. The number of halogens is 2. The van der Waals surface area contributed by atoms with E-state index in [-0.39, 0.29) is 70.5 Å². The number of carbonyl (C=O) groups is 4. The minimum atomic E-state index is -0.605. The number of hydrogen-bond donors (Lipinski definition) is 0. The first-order valence-corrected chi connectivity index (χ1v) is 13.2. The van der Waals surface area contributed by atoms with E-state index in [0.29, 0.717) is 5.56 Å². The van der Waals surface area contributed by atoms with Gasteiger partial charge in [-0.25, -0.2) is 0 Å². The number of ether oxygens (including phenoxy) is 1. The first kappa shape index (κ1) is 23.4. The van der Waals surface area contributed by atoms with Crippen molar-refractivity contribution in [1.82, 2.24) is 4.90 Å². The fourth-order valence-electron chi connectivity index (χ4n) is 5.61. The quantitative estimate of drug-likeness (QED) is 0.209. The highest BCUT2D eigenvalue weighted by Crippen LogP contribution is 2.60. The van der Waals surface area contributed by atoms with Crippen LogP contribution in [0.15, 0.2) is 54.6 Å². The molecule has 176 valence electrons. The number of alkyl halides is 2. The van der Waals surface area contributed by atoms with E-state index < -0.39 is 5.97 Å². The zero-order valence-electron chi connectivity index (χ0n) is 18.2. The summed E-state index contributed by atoms with van der Waals surface area (Å²) in [5.74, 6) is -1.61. The van der Waals surface area contributed by atoms with Crippen molar-refractivity contribution in [3.8, 4) is 11.1 Å². The van der Waals surface area contributed by atoms with Crippen LogP contribution >= 0.6 is 31.9 Å². The Balaban J connectivity index is 1.12. The van der Waals surface area contributed by atoms with E-state index in [1.807, 2.05) is 42.5 Å². The monoisotopic (exact) mass is 587 g/mol. The molecule has 2 aromatic carbocycles. The molecule has 2 aromatic rings. The van der Waals surface area contributed by atoms with Crippen LogP contribution in [-0.4, -0.2) is 51.3 Å². The normalized spacial score (nSPS) is 29.4. The molecule has 5 rings (SSSR count). The third kappa shape index (κ3) is 4.05. The third-order valence-electron chi connectivity index (χ3n) is 7.30. The second kappa shape index (κ2) is 9.38. The minimum absolute atomic E-state index is 0.0111. The number of hydrogen-bond acceptors (Lipinski definition) is 5. The molecule has 2 aliphatic carbocycles. The number of carbonyl (C=O) groups excluding carboxylic acids is 4. The Bertz CT molecular complexity index is 1100. The van der Waals surface area contributed by atoms with Gasteiger partial charge < -0.3 is 4.74 Å². The van der Waals surface area contributed by atoms with Gasteiger partial charge >= 0.3 is 5.97 Å². The van der Waals surface area contributed by atoms with Gasteiger partial charge in [-0.05, 0) is 29.4 Å². The summed E-state index contributed by atoms with van der Waals surface area (Å²) in [5, 5.41) is 0. The van der Waals surface area contributed by atoms with E-state index in [1.54, 1.807) is 12.1 Å². The zero-order valence-corrected chi connectivity index (χ0v) is 21.4. The van der Waals surface area contributed by atoms with E-state index >= 15 is 0 Å². The van der Waals surface area contributed by atoms with Crippen molar-refractivity contribution in [2.75, 3.05) is 13.2 Å². The van der Waals surface area contributed by atoms with E-state index in [1.165, 1.54) is 4.90 Å². The summed E-state index contributed by atoms with van der Waals surface area (Å²) in [6.45, 7) is -0.389. The number of Topliss-reactive ketones (excluding diaryl/α,β-unsaturated/α-hetero) is 1. The van der Waals surface area contributed by atoms with Crippen LogP contribution in [0.3, 0.4) is 0 Å². The van der Waals surface area contributed by atoms with Gasteiger partial charge in [-0.2, -0.15) is 0 Å². The molecule has 1 heterocycles. The number of imide groups is 1. The molecule has 3 fully saturated rings. The van der Waals surface area contributed by atoms with Crippen molar-refractivity contribution < 1.29 is 23.9 Å². The van der Waals surface area contributed by atoms with Gasteiger partial charge in [0.2, 0.25) is 11.8 Å². The minimum Gasteiger partial charge on any atom is -0.457 e. The maximum absolute atomic E-state index is 12.9. The van der Waals surface area contributed by atoms with Crippen LogP contribution in [-0.2, 0) is 19.1 Å².